The molecule has 2 saturated heterocycles. The number of benzene rings is 1. The average Bonchev–Trinajstić information content (AvgIpc) is 3.26. The number of halogens is 1. The van der Waals surface area contributed by atoms with Gasteiger partial charge in [0.2, 0.25) is 0 Å². The predicted molar refractivity (Wildman–Crippen MR) is 135 cm³/mol. The lowest BCUT2D eigenvalue weighted by Gasteiger charge is -2.37. The van der Waals surface area contributed by atoms with E-state index in [1.807, 2.05) is 17.0 Å². The third kappa shape index (κ3) is 4.90. The molecule has 0 bridgehead atoms. The maximum atomic E-state index is 13.0. The molecule has 0 unspecified atom stereocenters. The van der Waals surface area contributed by atoms with E-state index in [0.29, 0.717) is 5.92 Å². The highest BCUT2D eigenvalue weighted by atomic mass is 35.5. The van der Waals surface area contributed by atoms with Crippen LogP contribution in [0.4, 0.5) is 4.79 Å². The number of hydrogen-bond acceptors (Lipinski definition) is 2. The van der Waals surface area contributed by atoms with Crippen LogP contribution in [0.5, 0.6) is 0 Å². The second-order valence-electron chi connectivity index (χ2n) is 9.24. The van der Waals surface area contributed by atoms with E-state index in [1.54, 1.807) is 0 Å². The minimum Gasteiger partial charge on any atom is -0.325 e. The van der Waals surface area contributed by atoms with Crippen molar-refractivity contribution in [2.45, 2.75) is 38.0 Å². The van der Waals surface area contributed by atoms with Crippen molar-refractivity contribution in [3.05, 3.63) is 63.8 Å². The average molecular weight is 465 g/mol. The summed E-state index contributed by atoms with van der Waals surface area (Å²) in [4.78, 5) is 17.0. The zero-order chi connectivity index (χ0) is 22.6. The van der Waals surface area contributed by atoms with Crippen molar-refractivity contribution >= 4 is 29.8 Å². The number of aromatic nitrogens is 1. The number of piperidine rings is 1. The number of hydrogen-bond donors (Lipinski definition) is 1. The van der Waals surface area contributed by atoms with Gasteiger partial charge in [-0.15, -0.1) is 0 Å². The van der Waals surface area contributed by atoms with E-state index in [-0.39, 0.29) is 6.03 Å². The van der Waals surface area contributed by atoms with Crippen LogP contribution < -0.4 is 15.9 Å². The summed E-state index contributed by atoms with van der Waals surface area (Å²) in [6.45, 7) is 5.07. The van der Waals surface area contributed by atoms with Crippen LogP contribution in [0.25, 0.3) is 17.8 Å². The SMILES string of the molecule is O=C(N1CCNCC1)N1CCC(c2cn(-c3ccc(Cl)cc3)c3/c2=C\C=C/CCC\C=3)CC1. The van der Waals surface area contributed by atoms with Crippen LogP contribution >= 0.6 is 11.6 Å². The van der Waals surface area contributed by atoms with Crippen molar-refractivity contribution in [3.63, 3.8) is 0 Å². The number of amides is 2. The highest BCUT2D eigenvalue weighted by molar-refractivity contribution is 6.30. The first kappa shape index (κ1) is 22.3. The summed E-state index contributed by atoms with van der Waals surface area (Å²) in [6.07, 6.45) is 16.9. The summed E-state index contributed by atoms with van der Waals surface area (Å²) in [6, 6.07) is 8.32. The molecule has 5 nitrogen and oxygen atoms in total. The lowest BCUT2D eigenvalue weighted by Crippen LogP contribution is -2.53. The van der Waals surface area contributed by atoms with Crippen LogP contribution in [-0.4, -0.2) is 59.7 Å². The molecule has 0 atom stereocenters. The summed E-state index contributed by atoms with van der Waals surface area (Å²) in [7, 11) is 0. The minimum atomic E-state index is 0.211. The Morgan fingerprint density at radius 2 is 1.70 bits per heavy atom. The predicted octanol–water partition coefficient (Wildman–Crippen LogP) is 3.64. The summed E-state index contributed by atoms with van der Waals surface area (Å²) in [5.74, 6) is 0.457. The van der Waals surface area contributed by atoms with E-state index in [4.69, 9.17) is 11.6 Å². The first-order valence-electron chi connectivity index (χ1n) is 12.3. The number of nitrogens with one attached hydrogen (secondary N) is 1. The number of carbonyl (C=O) groups excluding carboxylic acids is 1. The highest BCUT2D eigenvalue weighted by Gasteiger charge is 2.28. The molecule has 0 spiro atoms. The van der Waals surface area contributed by atoms with Gasteiger partial charge in [0.25, 0.3) is 0 Å². The number of nitrogens with zero attached hydrogens (tertiary/aromatic N) is 3. The molecule has 1 N–H and O–H groups in total. The van der Waals surface area contributed by atoms with Crippen LogP contribution in [0.3, 0.4) is 0 Å². The van der Waals surface area contributed by atoms with Crippen molar-refractivity contribution in [2.75, 3.05) is 39.3 Å². The van der Waals surface area contributed by atoms with Gasteiger partial charge in [-0.05, 0) is 67.9 Å². The van der Waals surface area contributed by atoms with E-state index in [9.17, 15) is 4.79 Å². The van der Waals surface area contributed by atoms with Crippen LogP contribution in [0.15, 0.2) is 42.6 Å². The molecule has 2 fully saturated rings. The number of rotatable bonds is 2. The maximum Gasteiger partial charge on any atom is 0.320 e. The molecule has 33 heavy (non-hydrogen) atoms. The summed E-state index contributed by atoms with van der Waals surface area (Å²) in [5.41, 5.74) is 2.54. The Bertz CT molecular complexity index is 1120. The smallest absolute Gasteiger partial charge is 0.320 e. The standard InChI is InChI=1S/C27H33ClN4O/c28-22-8-10-23(11-9-22)32-20-25(24-6-4-2-1-3-5-7-26(24)32)21-12-16-30(17-13-21)27(33)31-18-14-29-15-19-31/h2,4,6-11,20-21,29H,1,3,5,12-19H2/b4-2-,24-6-,26-7+. The number of likely N-dealkylation sites (tertiary alicyclic amines) is 1. The number of urea groups is 1. The van der Waals surface area contributed by atoms with Gasteiger partial charge >= 0.3 is 6.03 Å². The zero-order valence-electron chi connectivity index (χ0n) is 19.2. The van der Waals surface area contributed by atoms with Crippen molar-refractivity contribution in [2.24, 2.45) is 0 Å². The first-order chi connectivity index (χ1) is 16.2. The topological polar surface area (TPSA) is 40.5 Å². The molecule has 3 aliphatic rings. The van der Waals surface area contributed by atoms with E-state index in [0.717, 1.165) is 82.1 Å². The summed E-state index contributed by atoms with van der Waals surface area (Å²) >= 11 is 6.16. The molecular formula is C27H33ClN4O. The monoisotopic (exact) mass is 464 g/mol. The van der Waals surface area contributed by atoms with Crippen molar-refractivity contribution in [3.8, 4) is 5.69 Å². The van der Waals surface area contributed by atoms with Gasteiger partial charge in [0.15, 0.2) is 0 Å². The molecular weight excluding hydrogens is 432 g/mol. The van der Waals surface area contributed by atoms with Crippen LogP contribution in [-0.2, 0) is 0 Å². The number of allylic oxidation sites excluding steroid dienone is 2. The molecule has 5 rings (SSSR count). The molecule has 3 heterocycles. The normalized spacial score (nSPS) is 22.7. The molecule has 2 aliphatic heterocycles. The van der Waals surface area contributed by atoms with E-state index < -0.39 is 0 Å². The van der Waals surface area contributed by atoms with E-state index >= 15 is 0 Å². The zero-order valence-corrected chi connectivity index (χ0v) is 19.9. The number of piperazine rings is 1. The molecule has 2 amide bonds. The van der Waals surface area contributed by atoms with Gasteiger partial charge in [-0.25, -0.2) is 4.79 Å². The second-order valence-corrected chi connectivity index (χ2v) is 9.68. The molecule has 0 saturated carbocycles. The van der Waals surface area contributed by atoms with Gasteiger partial charge < -0.3 is 19.7 Å². The van der Waals surface area contributed by atoms with Crippen molar-refractivity contribution < 1.29 is 4.79 Å². The van der Waals surface area contributed by atoms with Gasteiger partial charge in [0, 0.05) is 66.7 Å². The quantitative estimate of drug-likeness (QED) is 0.737. The van der Waals surface area contributed by atoms with Crippen LogP contribution in [0.1, 0.15) is 43.6 Å². The third-order valence-corrected chi connectivity index (χ3v) is 7.38. The van der Waals surface area contributed by atoms with E-state index in [2.05, 4.69) is 57.4 Å². The molecule has 1 aromatic carbocycles. The van der Waals surface area contributed by atoms with Gasteiger partial charge in [-0.1, -0.05) is 35.9 Å². The second kappa shape index (κ2) is 10.2. The van der Waals surface area contributed by atoms with E-state index in [1.165, 1.54) is 16.1 Å². The first-order valence-corrected chi connectivity index (χ1v) is 12.7. The van der Waals surface area contributed by atoms with Crippen LogP contribution in [0.2, 0.25) is 5.02 Å². The minimum absolute atomic E-state index is 0.211. The molecule has 2 aromatic rings. The van der Waals surface area contributed by atoms with Gasteiger partial charge in [-0.2, -0.15) is 0 Å². The molecule has 1 aromatic heterocycles. The Labute approximate surface area is 201 Å². The van der Waals surface area contributed by atoms with Crippen molar-refractivity contribution in [1.82, 2.24) is 19.7 Å². The fraction of sp³-hybridized carbons (Fsp3) is 0.444. The Balaban J connectivity index is 1.44. The Morgan fingerprint density at radius 3 is 2.45 bits per heavy atom. The largest absolute Gasteiger partial charge is 0.325 e. The lowest BCUT2D eigenvalue weighted by atomic mass is 9.90. The molecule has 0 radical (unpaired) electrons. The highest BCUT2D eigenvalue weighted by Crippen LogP contribution is 2.27. The fourth-order valence-electron chi connectivity index (χ4n) is 5.26. The molecule has 174 valence electrons. The lowest BCUT2D eigenvalue weighted by molar-refractivity contribution is 0.134. The Morgan fingerprint density at radius 1 is 0.970 bits per heavy atom. The Hall–Kier alpha value is -2.50. The van der Waals surface area contributed by atoms with Crippen LogP contribution in [0, 0.1) is 0 Å². The van der Waals surface area contributed by atoms with Gasteiger partial charge in [0.1, 0.15) is 0 Å². The third-order valence-electron chi connectivity index (χ3n) is 7.12. The van der Waals surface area contributed by atoms with Gasteiger partial charge in [-0.3, -0.25) is 0 Å². The Kier molecular flexibility index (Phi) is 6.88. The molecule has 1 aliphatic carbocycles. The summed E-state index contributed by atoms with van der Waals surface area (Å²) in [5, 5.41) is 6.69. The fourth-order valence-corrected chi connectivity index (χ4v) is 5.39. The number of fused-ring (bicyclic) bond motifs is 1. The number of carbonyl (C=O) groups is 1. The van der Waals surface area contributed by atoms with Gasteiger partial charge in [0.05, 0.1) is 0 Å². The van der Waals surface area contributed by atoms with Crippen molar-refractivity contribution in [1.29, 1.82) is 0 Å². The molecule has 6 heteroatoms. The summed E-state index contributed by atoms with van der Waals surface area (Å²) < 4.78 is 2.33. The maximum absolute atomic E-state index is 13.0.